The van der Waals surface area contributed by atoms with Gasteiger partial charge < -0.3 is 15.0 Å². The zero-order chi connectivity index (χ0) is 11.5. The fourth-order valence-corrected chi connectivity index (χ4v) is 1.41. The first-order valence-corrected chi connectivity index (χ1v) is 4.62. The number of hydrogen-bond acceptors (Lipinski definition) is 5. The van der Waals surface area contributed by atoms with Gasteiger partial charge >= 0.3 is 5.97 Å². The molecular formula is C11H10N2O3. The van der Waals surface area contributed by atoms with Gasteiger partial charge in [0.15, 0.2) is 0 Å². The van der Waals surface area contributed by atoms with Crippen molar-refractivity contribution in [1.29, 1.82) is 0 Å². The van der Waals surface area contributed by atoms with Gasteiger partial charge in [-0.25, -0.2) is 4.79 Å². The number of ether oxygens (including phenoxy) is 1. The van der Waals surface area contributed by atoms with Crippen LogP contribution in [-0.2, 0) is 4.74 Å². The molecular weight excluding hydrogens is 208 g/mol. The summed E-state index contributed by atoms with van der Waals surface area (Å²) >= 11 is 0. The minimum absolute atomic E-state index is 0.203. The number of benzene rings is 1. The van der Waals surface area contributed by atoms with E-state index >= 15 is 0 Å². The number of nitrogen functional groups attached to an aromatic ring is 1. The van der Waals surface area contributed by atoms with Gasteiger partial charge in [-0.1, -0.05) is 23.4 Å². The molecule has 0 fully saturated rings. The second-order valence-corrected chi connectivity index (χ2v) is 3.15. The largest absolute Gasteiger partial charge is 0.465 e. The Labute approximate surface area is 91.8 Å². The highest BCUT2D eigenvalue weighted by atomic mass is 16.5. The zero-order valence-electron chi connectivity index (χ0n) is 8.64. The highest BCUT2D eigenvalue weighted by Gasteiger charge is 2.14. The Balaban J connectivity index is 2.52. The maximum absolute atomic E-state index is 11.5. The highest BCUT2D eigenvalue weighted by Crippen LogP contribution is 2.24. The van der Waals surface area contributed by atoms with E-state index < -0.39 is 5.97 Å². The van der Waals surface area contributed by atoms with Gasteiger partial charge in [0.2, 0.25) is 5.88 Å². The minimum atomic E-state index is -0.419. The molecule has 0 saturated heterocycles. The SMILES string of the molecule is COC(=O)c1ccccc1-c1cc(N)on1. The number of nitrogens with zero attached hydrogens (tertiary/aromatic N) is 1. The second kappa shape index (κ2) is 4.06. The highest BCUT2D eigenvalue weighted by molar-refractivity contribution is 5.96. The lowest BCUT2D eigenvalue weighted by Crippen LogP contribution is -2.03. The van der Waals surface area contributed by atoms with Crippen LogP contribution in [-0.4, -0.2) is 18.2 Å². The molecule has 16 heavy (non-hydrogen) atoms. The van der Waals surface area contributed by atoms with E-state index in [1.165, 1.54) is 7.11 Å². The molecule has 1 aromatic heterocycles. The van der Waals surface area contributed by atoms with Crippen LogP contribution in [0.15, 0.2) is 34.9 Å². The number of rotatable bonds is 2. The van der Waals surface area contributed by atoms with E-state index in [0.29, 0.717) is 16.8 Å². The van der Waals surface area contributed by atoms with Crippen LogP contribution in [0.5, 0.6) is 0 Å². The first-order valence-electron chi connectivity index (χ1n) is 4.62. The topological polar surface area (TPSA) is 78.4 Å². The third-order valence-electron chi connectivity index (χ3n) is 2.14. The van der Waals surface area contributed by atoms with Crippen LogP contribution >= 0.6 is 0 Å². The summed E-state index contributed by atoms with van der Waals surface area (Å²) in [6, 6.07) is 8.52. The van der Waals surface area contributed by atoms with E-state index in [4.69, 9.17) is 10.3 Å². The van der Waals surface area contributed by atoms with Gasteiger partial charge in [0.25, 0.3) is 0 Å². The van der Waals surface area contributed by atoms with Crippen molar-refractivity contribution in [2.24, 2.45) is 0 Å². The summed E-state index contributed by atoms with van der Waals surface area (Å²) in [5.41, 5.74) is 7.00. The number of carbonyl (C=O) groups excluding carboxylic acids is 1. The number of esters is 1. The van der Waals surface area contributed by atoms with Crippen molar-refractivity contribution < 1.29 is 14.1 Å². The minimum Gasteiger partial charge on any atom is -0.465 e. The molecule has 1 aromatic carbocycles. The van der Waals surface area contributed by atoms with Gasteiger partial charge in [0.1, 0.15) is 5.69 Å². The predicted octanol–water partition coefficient (Wildman–Crippen LogP) is 1.71. The van der Waals surface area contributed by atoms with E-state index in [9.17, 15) is 4.79 Å². The van der Waals surface area contributed by atoms with Crippen LogP contribution in [0.1, 0.15) is 10.4 Å². The summed E-state index contributed by atoms with van der Waals surface area (Å²) < 4.78 is 9.44. The maximum atomic E-state index is 11.5. The van der Waals surface area contributed by atoms with Crippen molar-refractivity contribution in [3.8, 4) is 11.3 Å². The molecule has 0 aliphatic rings. The van der Waals surface area contributed by atoms with Crippen molar-refractivity contribution >= 4 is 11.9 Å². The van der Waals surface area contributed by atoms with Gasteiger partial charge in [-0.05, 0) is 6.07 Å². The molecule has 0 spiro atoms. The second-order valence-electron chi connectivity index (χ2n) is 3.15. The summed E-state index contributed by atoms with van der Waals surface area (Å²) in [7, 11) is 1.33. The zero-order valence-corrected chi connectivity index (χ0v) is 8.64. The summed E-state index contributed by atoms with van der Waals surface area (Å²) in [6.07, 6.45) is 0. The fraction of sp³-hybridized carbons (Fsp3) is 0.0909. The number of carbonyl (C=O) groups is 1. The summed E-state index contributed by atoms with van der Waals surface area (Å²) in [6.45, 7) is 0. The lowest BCUT2D eigenvalue weighted by molar-refractivity contribution is 0.0601. The van der Waals surface area contributed by atoms with Crippen LogP contribution in [0.2, 0.25) is 0 Å². The molecule has 0 saturated carbocycles. The molecule has 1 heterocycles. The van der Waals surface area contributed by atoms with Gasteiger partial charge in [-0.3, -0.25) is 0 Å². The van der Waals surface area contributed by atoms with Crippen molar-refractivity contribution in [2.45, 2.75) is 0 Å². The monoisotopic (exact) mass is 218 g/mol. The average Bonchev–Trinajstić information content (AvgIpc) is 2.75. The van der Waals surface area contributed by atoms with Crippen LogP contribution in [0, 0.1) is 0 Å². The lowest BCUT2D eigenvalue weighted by Gasteiger charge is -2.03. The Hall–Kier alpha value is -2.30. The molecule has 0 bridgehead atoms. The van der Waals surface area contributed by atoms with Gasteiger partial charge in [-0.15, -0.1) is 0 Å². The smallest absolute Gasteiger partial charge is 0.338 e. The standard InChI is InChI=1S/C11H10N2O3/c1-15-11(14)8-5-3-2-4-7(8)9-6-10(12)16-13-9/h2-6H,12H2,1H3. The number of anilines is 1. The molecule has 2 N–H and O–H groups in total. The molecule has 2 rings (SSSR count). The number of hydrogen-bond donors (Lipinski definition) is 1. The van der Waals surface area contributed by atoms with E-state index in [2.05, 4.69) is 9.89 Å². The first-order chi connectivity index (χ1) is 7.72. The Bertz CT molecular complexity index is 519. The van der Waals surface area contributed by atoms with Gasteiger partial charge in [0.05, 0.1) is 12.7 Å². The van der Waals surface area contributed by atoms with Crippen LogP contribution in [0.3, 0.4) is 0 Å². The molecule has 82 valence electrons. The Morgan fingerprint density at radius 2 is 2.19 bits per heavy atom. The van der Waals surface area contributed by atoms with Gasteiger partial charge in [-0.2, -0.15) is 0 Å². The summed E-state index contributed by atoms with van der Waals surface area (Å²) in [5, 5.41) is 3.76. The van der Waals surface area contributed by atoms with Gasteiger partial charge in [0, 0.05) is 11.6 Å². The van der Waals surface area contributed by atoms with Crippen molar-refractivity contribution in [3.05, 3.63) is 35.9 Å². The molecule has 0 atom stereocenters. The molecule has 0 unspecified atom stereocenters. The van der Waals surface area contributed by atoms with Crippen LogP contribution in [0.25, 0.3) is 11.3 Å². The quantitative estimate of drug-likeness (QED) is 0.776. The lowest BCUT2D eigenvalue weighted by atomic mass is 10.0. The van der Waals surface area contributed by atoms with E-state index in [0.717, 1.165) is 0 Å². The third kappa shape index (κ3) is 1.75. The van der Waals surface area contributed by atoms with E-state index in [1.54, 1.807) is 30.3 Å². The molecule has 0 aliphatic heterocycles. The number of nitrogens with two attached hydrogens (primary N) is 1. The fourth-order valence-electron chi connectivity index (χ4n) is 1.41. The van der Waals surface area contributed by atoms with Crippen molar-refractivity contribution in [2.75, 3.05) is 12.8 Å². The van der Waals surface area contributed by atoms with E-state index in [1.807, 2.05) is 0 Å². The van der Waals surface area contributed by atoms with Crippen molar-refractivity contribution in [1.82, 2.24) is 5.16 Å². The molecule has 0 aliphatic carbocycles. The Morgan fingerprint density at radius 3 is 2.81 bits per heavy atom. The summed E-state index contributed by atoms with van der Waals surface area (Å²) in [4.78, 5) is 11.5. The average molecular weight is 218 g/mol. The first kappa shape index (κ1) is 10.2. The molecule has 2 aromatic rings. The predicted molar refractivity (Wildman–Crippen MR) is 57.7 cm³/mol. The van der Waals surface area contributed by atoms with E-state index in [-0.39, 0.29) is 5.88 Å². The normalized spacial score (nSPS) is 10.1. The van der Waals surface area contributed by atoms with Crippen LogP contribution in [0.4, 0.5) is 5.88 Å². The number of methoxy groups -OCH3 is 1. The third-order valence-corrected chi connectivity index (χ3v) is 2.14. The summed E-state index contributed by atoms with van der Waals surface area (Å²) in [5.74, 6) is -0.216. The maximum Gasteiger partial charge on any atom is 0.338 e. The Morgan fingerprint density at radius 1 is 1.44 bits per heavy atom. The molecule has 0 amide bonds. The Kier molecular flexibility index (Phi) is 2.59. The molecule has 0 radical (unpaired) electrons. The molecule has 5 heteroatoms. The van der Waals surface area contributed by atoms with Crippen molar-refractivity contribution in [3.63, 3.8) is 0 Å². The number of aromatic nitrogens is 1. The van der Waals surface area contributed by atoms with Crippen LogP contribution < -0.4 is 5.73 Å². The molecule has 5 nitrogen and oxygen atoms in total.